The summed E-state index contributed by atoms with van der Waals surface area (Å²) >= 11 is 0. The van der Waals surface area contributed by atoms with E-state index in [4.69, 9.17) is 4.74 Å². The number of hydrogen-bond donors (Lipinski definition) is 1. The van der Waals surface area contributed by atoms with Crippen LogP contribution in [0.4, 0.5) is 5.69 Å². The predicted octanol–water partition coefficient (Wildman–Crippen LogP) is 0.0750. The Hall–Kier alpha value is -3.50. The fraction of sp³-hybridized carbons (Fsp3) is 0.444. The van der Waals surface area contributed by atoms with Gasteiger partial charge in [-0.1, -0.05) is 12.1 Å². The standard InChI is InChI=1S/C18H21N5O6/c1-2-29-17(26)14-15(12-3-5-13(6-4-12)23(27)28)19-18(20-16(14)25)22-9-7-21(11-24)8-10-22/h3-6,11,14-15H,2,7-10H2,1H3,(H,19,20,25)/t14-,15-/m1/s1. The van der Waals surface area contributed by atoms with Gasteiger partial charge in [0.1, 0.15) is 6.04 Å². The highest BCUT2D eigenvalue weighted by molar-refractivity contribution is 6.08. The number of aliphatic imine (C=N–C) groups is 1. The Kier molecular flexibility index (Phi) is 6.05. The number of amides is 2. The summed E-state index contributed by atoms with van der Waals surface area (Å²) in [6, 6.07) is 4.71. The van der Waals surface area contributed by atoms with Gasteiger partial charge in [-0.3, -0.25) is 29.8 Å². The van der Waals surface area contributed by atoms with Crippen molar-refractivity contribution < 1.29 is 24.0 Å². The highest BCUT2D eigenvalue weighted by Gasteiger charge is 2.42. The van der Waals surface area contributed by atoms with Crippen LogP contribution in [-0.2, 0) is 19.1 Å². The van der Waals surface area contributed by atoms with Crippen LogP contribution in [0.3, 0.4) is 0 Å². The molecule has 2 aliphatic heterocycles. The van der Waals surface area contributed by atoms with Crippen LogP contribution in [-0.4, -0.2) is 71.8 Å². The summed E-state index contributed by atoms with van der Waals surface area (Å²) in [4.78, 5) is 54.5. The molecule has 11 nitrogen and oxygen atoms in total. The zero-order chi connectivity index (χ0) is 21.0. The highest BCUT2D eigenvalue weighted by atomic mass is 16.6. The maximum Gasteiger partial charge on any atom is 0.321 e. The zero-order valence-electron chi connectivity index (χ0n) is 15.8. The molecule has 11 heteroatoms. The van der Waals surface area contributed by atoms with Gasteiger partial charge in [-0.15, -0.1) is 0 Å². The largest absolute Gasteiger partial charge is 0.465 e. The lowest BCUT2D eigenvalue weighted by Gasteiger charge is -2.37. The van der Waals surface area contributed by atoms with Crippen molar-refractivity contribution in [1.82, 2.24) is 15.1 Å². The fourth-order valence-corrected chi connectivity index (χ4v) is 3.30. The van der Waals surface area contributed by atoms with Crippen LogP contribution in [0.25, 0.3) is 0 Å². The number of nitro groups is 1. The average Bonchev–Trinajstić information content (AvgIpc) is 2.73. The molecule has 3 rings (SSSR count). The Morgan fingerprint density at radius 3 is 2.52 bits per heavy atom. The lowest BCUT2D eigenvalue weighted by molar-refractivity contribution is -0.384. The molecule has 0 saturated carbocycles. The number of rotatable bonds is 5. The molecule has 1 saturated heterocycles. The van der Waals surface area contributed by atoms with E-state index < -0.39 is 28.8 Å². The summed E-state index contributed by atoms with van der Waals surface area (Å²) in [5.74, 6) is -2.14. The molecule has 1 N–H and O–H groups in total. The number of nitrogens with one attached hydrogen (secondary N) is 1. The molecule has 2 atom stereocenters. The Morgan fingerprint density at radius 2 is 1.97 bits per heavy atom. The van der Waals surface area contributed by atoms with Gasteiger partial charge >= 0.3 is 5.97 Å². The summed E-state index contributed by atoms with van der Waals surface area (Å²) < 4.78 is 5.04. The van der Waals surface area contributed by atoms with Gasteiger partial charge < -0.3 is 14.5 Å². The average molecular weight is 403 g/mol. The van der Waals surface area contributed by atoms with Gasteiger partial charge in [-0.05, 0) is 12.5 Å². The monoisotopic (exact) mass is 403 g/mol. The molecule has 0 bridgehead atoms. The molecule has 0 unspecified atom stereocenters. The molecule has 2 aliphatic rings. The first-order chi connectivity index (χ1) is 13.9. The van der Waals surface area contributed by atoms with Gasteiger partial charge in [0.05, 0.1) is 11.5 Å². The van der Waals surface area contributed by atoms with E-state index in [1.165, 1.54) is 24.3 Å². The third kappa shape index (κ3) is 4.33. The Balaban J connectivity index is 1.93. The van der Waals surface area contributed by atoms with E-state index in [0.29, 0.717) is 37.7 Å². The van der Waals surface area contributed by atoms with Crippen molar-refractivity contribution in [3.63, 3.8) is 0 Å². The van der Waals surface area contributed by atoms with Crippen molar-refractivity contribution in [2.24, 2.45) is 10.9 Å². The van der Waals surface area contributed by atoms with Crippen LogP contribution in [0, 0.1) is 16.0 Å². The molecule has 154 valence electrons. The molecule has 0 aromatic heterocycles. The Morgan fingerprint density at radius 1 is 1.31 bits per heavy atom. The normalized spacial score (nSPS) is 21.8. The number of carbonyl (C=O) groups excluding carboxylic acids is 3. The van der Waals surface area contributed by atoms with E-state index in [-0.39, 0.29) is 12.3 Å². The number of benzene rings is 1. The first kappa shape index (κ1) is 20.2. The summed E-state index contributed by atoms with van der Waals surface area (Å²) in [6.45, 7) is 3.69. The molecule has 1 fully saturated rings. The fourth-order valence-electron chi connectivity index (χ4n) is 3.30. The third-order valence-electron chi connectivity index (χ3n) is 4.84. The number of carbonyl (C=O) groups is 3. The molecule has 0 spiro atoms. The molecule has 29 heavy (non-hydrogen) atoms. The number of piperazine rings is 1. The van der Waals surface area contributed by atoms with Crippen LogP contribution in [0.2, 0.25) is 0 Å². The van der Waals surface area contributed by atoms with Crippen molar-refractivity contribution in [1.29, 1.82) is 0 Å². The van der Waals surface area contributed by atoms with Crippen LogP contribution in [0.15, 0.2) is 29.3 Å². The predicted molar refractivity (Wildman–Crippen MR) is 101 cm³/mol. The first-order valence-electron chi connectivity index (χ1n) is 9.18. The molecular weight excluding hydrogens is 382 g/mol. The minimum atomic E-state index is -1.20. The van der Waals surface area contributed by atoms with E-state index in [2.05, 4.69) is 10.3 Å². The number of ether oxygens (including phenoxy) is 1. The van der Waals surface area contributed by atoms with Crippen molar-refractivity contribution in [3.05, 3.63) is 39.9 Å². The van der Waals surface area contributed by atoms with E-state index in [9.17, 15) is 24.5 Å². The first-order valence-corrected chi connectivity index (χ1v) is 9.18. The minimum absolute atomic E-state index is 0.101. The van der Waals surface area contributed by atoms with E-state index in [0.717, 1.165) is 6.41 Å². The smallest absolute Gasteiger partial charge is 0.321 e. The van der Waals surface area contributed by atoms with Gasteiger partial charge in [0.15, 0.2) is 5.92 Å². The van der Waals surface area contributed by atoms with Crippen molar-refractivity contribution in [3.8, 4) is 0 Å². The second-order valence-corrected chi connectivity index (χ2v) is 6.59. The quantitative estimate of drug-likeness (QED) is 0.242. The number of hydrogen-bond acceptors (Lipinski definition) is 8. The lowest BCUT2D eigenvalue weighted by atomic mass is 9.91. The maximum atomic E-state index is 12.7. The number of nitrogens with zero attached hydrogens (tertiary/aromatic N) is 4. The topological polar surface area (TPSA) is 134 Å². The number of esters is 1. The summed E-state index contributed by atoms with van der Waals surface area (Å²) in [7, 11) is 0. The molecule has 1 aromatic rings. The Bertz CT molecular complexity index is 832. The number of nitro benzene ring substituents is 1. The maximum absolute atomic E-state index is 12.7. The molecule has 1 aromatic carbocycles. The Labute approximate surface area is 166 Å². The van der Waals surface area contributed by atoms with E-state index in [1.807, 2.05) is 4.90 Å². The summed E-state index contributed by atoms with van der Waals surface area (Å²) in [5, 5.41) is 13.6. The summed E-state index contributed by atoms with van der Waals surface area (Å²) in [6.07, 6.45) is 0.773. The van der Waals surface area contributed by atoms with Gasteiger partial charge in [-0.2, -0.15) is 0 Å². The van der Waals surface area contributed by atoms with Crippen LogP contribution in [0.5, 0.6) is 0 Å². The number of non-ortho nitro benzene ring substituents is 1. The van der Waals surface area contributed by atoms with Crippen molar-refractivity contribution in [2.75, 3.05) is 32.8 Å². The van der Waals surface area contributed by atoms with Crippen molar-refractivity contribution in [2.45, 2.75) is 13.0 Å². The molecule has 2 amide bonds. The zero-order valence-corrected chi connectivity index (χ0v) is 15.8. The van der Waals surface area contributed by atoms with Crippen LogP contribution in [0.1, 0.15) is 18.5 Å². The SMILES string of the molecule is CCOC(=O)[C@H]1C(=O)NC(N2CCN(C=O)CC2)=N[C@@H]1c1ccc([N+](=O)[O-])cc1. The van der Waals surface area contributed by atoms with E-state index >= 15 is 0 Å². The number of guanidine groups is 1. The summed E-state index contributed by atoms with van der Waals surface area (Å²) in [5.41, 5.74) is 0.392. The van der Waals surface area contributed by atoms with Gasteiger partial charge in [0.2, 0.25) is 18.3 Å². The van der Waals surface area contributed by atoms with Gasteiger partial charge in [0.25, 0.3) is 5.69 Å². The lowest BCUT2D eigenvalue weighted by Crippen LogP contribution is -2.57. The van der Waals surface area contributed by atoms with Crippen LogP contribution >= 0.6 is 0 Å². The minimum Gasteiger partial charge on any atom is -0.465 e. The highest BCUT2D eigenvalue weighted by Crippen LogP contribution is 2.32. The molecule has 2 heterocycles. The van der Waals surface area contributed by atoms with Gasteiger partial charge in [0, 0.05) is 38.3 Å². The second-order valence-electron chi connectivity index (χ2n) is 6.59. The second kappa shape index (κ2) is 8.67. The van der Waals surface area contributed by atoms with Crippen LogP contribution < -0.4 is 5.32 Å². The third-order valence-corrected chi connectivity index (χ3v) is 4.84. The van der Waals surface area contributed by atoms with E-state index in [1.54, 1.807) is 11.8 Å². The van der Waals surface area contributed by atoms with Gasteiger partial charge in [-0.25, -0.2) is 4.99 Å². The molecular formula is C18H21N5O6. The molecule has 0 aliphatic carbocycles. The van der Waals surface area contributed by atoms with Crippen molar-refractivity contribution >= 4 is 29.9 Å². The molecule has 0 radical (unpaired) electrons.